The van der Waals surface area contributed by atoms with Crippen LogP contribution in [0.1, 0.15) is 26.7 Å². The third kappa shape index (κ3) is 7.90. The van der Waals surface area contributed by atoms with Gasteiger partial charge in [-0.1, -0.05) is 20.3 Å². The maximum absolute atomic E-state index is 11.3. The normalized spacial score (nSPS) is 12.7. The van der Waals surface area contributed by atoms with Gasteiger partial charge in [0.05, 0.1) is 11.8 Å². The van der Waals surface area contributed by atoms with Crippen LogP contribution in [0, 0.1) is 0 Å². The molecule has 0 fully saturated rings. The van der Waals surface area contributed by atoms with E-state index < -0.39 is 15.9 Å². The summed E-state index contributed by atoms with van der Waals surface area (Å²) in [5, 5.41) is 2.51. The molecule has 1 unspecified atom stereocenters. The molecule has 0 radical (unpaired) electrons. The first kappa shape index (κ1) is 18.0. The molecular formula is C9H21ClN2O3S. The molecule has 0 saturated heterocycles. The Morgan fingerprint density at radius 1 is 1.38 bits per heavy atom. The van der Waals surface area contributed by atoms with Crippen molar-refractivity contribution in [1.29, 1.82) is 0 Å². The molecule has 0 aliphatic rings. The Kier molecular flexibility index (Phi) is 9.90. The third-order valence-electron chi connectivity index (χ3n) is 2.09. The molecule has 0 rings (SSSR count). The second kappa shape index (κ2) is 8.78. The van der Waals surface area contributed by atoms with Crippen molar-refractivity contribution >= 4 is 28.2 Å². The average Bonchev–Trinajstić information content (AvgIpc) is 2.18. The van der Waals surface area contributed by atoms with Crippen LogP contribution in [-0.2, 0) is 14.6 Å². The van der Waals surface area contributed by atoms with Gasteiger partial charge in [0, 0.05) is 12.3 Å². The van der Waals surface area contributed by atoms with Gasteiger partial charge >= 0.3 is 0 Å². The summed E-state index contributed by atoms with van der Waals surface area (Å²) in [6, 6.07) is -0.528. The van der Waals surface area contributed by atoms with E-state index in [0.717, 1.165) is 6.42 Å². The SMILES string of the molecule is CCCC(N)C(=O)NCCS(=O)(=O)CC.Cl. The lowest BCUT2D eigenvalue weighted by Crippen LogP contribution is -2.42. The highest BCUT2D eigenvalue weighted by molar-refractivity contribution is 7.91. The van der Waals surface area contributed by atoms with Crippen LogP contribution in [0.25, 0.3) is 0 Å². The summed E-state index contributed by atoms with van der Waals surface area (Å²) in [5.74, 6) is -0.194. The Balaban J connectivity index is 0. The van der Waals surface area contributed by atoms with Crippen molar-refractivity contribution in [3.05, 3.63) is 0 Å². The van der Waals surface area contributed by atoms with Gasteiger partial charge in [-0.25, -0.2) is 8.42 Å². The number of sulfone groups is 1. The zero-order valence-electron chi connectivity index (χ0n) is 9.73. The van der Waals surface area contributed by atoms with Crippen LogP contribution < -0.4 is 11.1 Å². The second-order valence-electron chi connectivity index (χ2n) is 3.42. The monoisotopic (exact) mass is 272 g/mol. The van der Waals surface area contributed by atoms with E-state index in [2.05, 4.69) is 5.32 Å². The molecule has 0 aliphatic heterocycles. The third-order valence-corrected chi connectivity index (χ3v) is 3.79. The lowest BCUT2D eigenvalue weighted by Gasteiger charge is -2.10. The summed E-state index contributed by atoms with van der Waals surface area (Å²) < 4.78 is 22.2. The van der Waals surface area contributed by atoms with Gasteiger partial charge in [-0.3, -0.25) is 4.79 Å². The first-order chi connectivity index (χ1) is 6.93. The topological polar surface area (TPSA) is 89.3 Å². The largest absolute Gasteiger partial charge is 0.354 e. The van der Waals surface area contributed by atoms with Gasteiger partial charge in [-0.15, -0.1) is 12.4 Å². The van der Waals surface area contributed by atoms with E-state index in [1.165, 1.54) is 0 Å². The van der Waals surface area contributed by atoms with Gasteiger partial charge in [0.25, 0.3) is 0 Å². The number of hydrogen-bond acceptors (Lipinski definition) is 4. The second-order valence-corrected chi connectivity index (χ2v) is 5.90. The molecule has 0 aliphatic carbocycles. The number of halogens is 1. The zero-order valence-corrected chi connectivity index (χ0v) is 11.4. The van der Waals surface area contributed by atoms with Crippen molar-refractivity contribution in [2.45, 2.75) is 32.7 Å². The molecule has 16 heavy (non-hydrogen) atoms. The van der Waals surface area contributed by atoms with Gasteiger partial charge in [-0.05, 0) is 6.42 Å². The van der Waals surface area contributed by atoms with Crippen molar-refractivity contribution < 1.29 is 13.2 Å². The van der Waals surface area contributed by atoms with E-state index in [9.17, 15) is 13.2 Å². The Morgan fingerprint density at radius 2 is 1.94 bits per heavy atom. The lowest BCUT2D eigenvalue weighted by molar-refractivity contribution is -0.122. The predicted octanol–water partition coefficient (Wildman–Crippen LogP) is 0.0865. The molecular weight excluding hydrogens is 252 g/mol. The number of amides is 1. The average molecular weight is 273 g/mol. The van der Waals surface area contributed by atoms with Crippen LogP contribution >= 0.6 is 12.4 Å². The van der Waals surface area contributed by atoms with Crippen molar-refractivity contribution in [1.82, 2.24) is 5.32 Å². The van der Waals surface area contributed by atoms with Crippen LogP contribution in [0.4, 0.5) is 0 Å². The Hall–Kier alpha value is -0.330. The maximum atomic E-state index is 11.3. The van der Waals surface area contributed by atoms with Crippen molar-refractivity contribution in [2.24, 2.45) is 5.73 Å². The summed E-state index contributed by atoms with van der Waals surface area (Å²) in [6.45, 7) is 3.67. The minimum Gasteiger partial charge on any atom is -0.354 e. The number of rotatable bonds is 7. The molecule has 1 atom stereocenters. The molecule has 0 aromatic carbocycles. The van der Waals surface area contributed by atoms with E-state index in [-0.39, 0.29) is 36.4 Å². The molecule has 0 heterocycles. The highest BCUT2D eigenvalue weighted by atomic mass is 35.5. The summed E-state index contributed by atoms with van der Waals surface area (Å²) in [6.07, 6.45) is 1.45. The molecule has 5 nitrogen and oxygen atoms in total. The number of hydrogen-bond donors (Lipinski definition) is 2. The Bertz CT molecular complexity index is 293. The van der Waals surface area contributed by atoms with Crippen LogP contribution in [0.2, 0.25) is 0 Å². The fourth-order valence-corrected chi connectivity index (χ4v) is 1.75. The van der Waals surface area contributed by atoms with Gasteiger partial charge in [0.1, 0.15) is 0 Å². The molecule has 0 aromatic rings. The van der Waals surface area contributed by atoms with Crippen LogP contribution in [-0.4, -0.2) is 38.4 Å². The highest BCUT2D eigenvalue weighted by Crippen LogP contribution is 1.93. The van der Waals surface area contributed by atoms with E-state index in [1.807, 2.05) is 6.92 Å². The number of nitrogens with one attached hydrogen (secondary N) is 1. The van der Waals surface area contributed by atoms with Crippen molar-refractivity contribution in [3.8, 4) is 0 Å². The van der Waals surface area contributed by atoms with Gasteiger partial charge in [0.2, 0.25) is 5.91 Å². The highest BCUT2D eigenvalue weighted by Gasteiger charge is 2.13. The van der Waals surface area contributed by atoms with Gasteiger partial charge in [0.15, 0.2) is 9.84 Å². The summed E-state index contributed by atoms with van der Waals surface area (Å²) in [7, 11) is -3.01. The maximum Gasteiger partial charge on any atom is 0.236 e. The number of carbonyl (C=O) groups is 1. The fourth-order valence-electron chi connectivity index (χ4n) is 1.05. The molecule has 7 heteroatoms. The number of nitrogens with two attached hydrogens (primary N) is 1. The van der Waals surface area contributed by atoms with Crippen LogP contribution in [0.15, 0.2) is 0 Å². The minimum absolute atomic E-state index is 0. The summed E-state index contributed by atoms with van der Waals surface area (Å²) >= 11 is 0. The predicted molar refractivity (Wildman–Crippen MR) is 67.5 cm³/mol. The molecule has 0 bridgehead atoms. The van der Waals surface area contributed by atoms with Crippen molar-refractivity contribution in [3.63, 3.8) is 0 Å². The van der Waals surface area contributed by atoms with Crippen LogP contribution in [0.5, 0.6) is 0 Å². The quantitative estimate of drug-likeness (QED) is 0.687. The number of carbonyl (C=O) groups excluding carboxylic acids is 1. The first-order valence-corrected chi connectivity index (χ1v) is 6.98. The summed E-state index contributed by atoms with van der Waals surface area (Å²) in [4.78, 5) is 11.3. The van der Waals surface area contributed by atoms with E-state index in [0.29, 0.717) is 6.42 Å². The van der Waals surface area contributed by atoms with E-state index in [1.54, 1.807) is 6.92 Å². The van der Waals surface area contributed by atoms with Crippen LogP contribution in [0.3, 0.4) is 0 Å². The Morgan fingerprint density at radius 3 is 2.38 bits per heavy atom. The Labute approximate surface area is 103 Å². The minimum atomic E-state index is -3.01. The van der Waals surface area contributed by atoms with Crippen molar-refractivity contribution in [2.75, 3.05) is 18.1 Å². The van der Waals surface area contributed by atoms with Gasteiger partial charge < -0.3 is 11.1 Å². The smallest absolute Gasteiger partial charge is 0.236 e. The molecule has 1 amide bonds. The molecule has 0 aromatic heterocycles. The van der Waals surface area contributed by atoms with E-state index >= 15 is 0 Å². The van der Waals surface area contributed by atoms with Gasteiger partial charge in [-0.2, -0.15) is 0 Å². The fraction of sp³-hybridized carbons (Fsp3) is 0.889. The zero-order chi connectivity index (χ0) is 11.9. The summed E-state index contributed by atoms with van der Waals surface area (Å²) in [5.41, 5.74) is 5.55. The first-order valence-electron chi connectivity index (χ1n) is 5.16. The molecule has 0 saturated carbocycles. The standard InChI is InChI=1S/C9H20N2O3S.ClH/c1-3-5-8(10)9(12)11-6-7-15(13,14)4-2;/h8H,3-7,10H2,1-2H3,(H,11,12);1H. The molecule has 0 spiro atoms. The molecule has 98 valence electrons. The molecule has 3 N–H and O–H groups in total. The van der Waals surface area contributed by atoms with E-state index in [4.69, 9.17) is 5.73 Å². The lowest BCUT2D eigenvalue weighted by atomic mass is 10.2.